The molecule has 184 valence electrons. The van der Waals surface area contributed by atoms with Gasteiger partial charge in [-0.2, -0.15) is 4.72 Å². The van der Waals surface area contributed by atoms with Crippen molar-refractivity contribution in [2.45, 2.75) is 49.6 Å². The number of nitrogens with two attached hydrogens (primary N) is 1. The van der Waals surface area contributed by atoms with E-state index in [1.165, 1.54) is 17.2 Å². The van der Waals surface area contributed by atoms with E-state index in [-0.39, 0.29) is 41.8 Å². The summed E-state index contributed by atoms with van der Waals surface area (Å²) in [5.41, 5.74) is 5.57. The first kappa shape index (κ1) is 25.4. The summed E-state index contributed by atoms with van der Waals surface area (Å²) in [6, 6.07) is 5.99. The number of sulfonamides is 1. The summed E-state index contributed by atoms with van der Waals surface area (Å²) in [6.45, 7) is 2.42. The van der Waals surface area contributed by atoms with E-state index < -0.39 is 34.0 Å². The number of piperidine rings is 1. The highest BCUT2D eigenvalue weighted by Gasteiger charge is 2.38. The van der Waals surface area contributed by atoms with Crippen LogP contribution in [0.5, 0.6) is 0 Å². The number of fused-ring (bicyclic) bond motifs is 1. The number of para-hydroxylation sites is 1. The zero-order chi connectivity index (χ0) is 24.9. The summed E-state index contributed by atoms with van der Waals surface area (Å²) in [6.07, 6.45) is 2.85. The van der Waals surface area contributed by atoms with Gasteiger partial charge in [0, 0.05) is 24.7 Å². The van der Waals surface area contributed by atoms with E-state index in [9.17, 15) is 23.1 Å². The van der Waals surface area contributed by atoms with Crippen LogP contribution < -0.4 is 15.8 Å². The number of guanidine groups is 1. The number of pyridine rings is 1. The second-order valence-electron chi connectivity index (χ2n) is 8.50. The maximum atomic E-state index is 13.5. The van der Waals surface area contributed by atoms with E-state index >= 15 is 0 Å². The van der Waals surface area contributed by atoms with Crippen molar-refractivity contribution in [1.82, 2.24) is 19.9 Å². The molecule has 1 aromatic heterocycles. The standard InChI is InChI=1S/C22H30N6O5S/c1-14-9-12-28(17(13-14)21(30)31)20(29)16(7-4-11-26-22(23)24)27-34(32,33)18-8-2-5-15-6-3-10-25-19(15)18/h2-3,5-6,8,10,14,16-17,27H,4,7,9,11-13H2,1H3,(H,30,31)(H4,23,24,26)/t14?,16-,17?/m0/s1. The highest BCUT2D eigenvalue weighted by molar-refractivity contribution is 7.89. The van der Waals surface area contributed by atoms with Gasteiger partial charge >= 0.3 is 5.97 Å². The predicted molar refractivity (Wildman–Crippen MR) is 127 cm³/mol. The van der Waals surface area contributed by atoms with Crippen molar-refractivity contribution in [2.24, 2.45) is 11.7 Å². The van der Waals surface area contributed by atoms with E-state index in [4.69, 9.17) is 11.1 Å². The highest BCUT2D eigenvalue weighted by Crippen LogP contribution is 2.25. The van der Waals surface area contributed by atoms with Crippen LogP contribution in [0.2, 0.25) is 0 Å². The summed E-state index contributed by atoms with van der Waals surface area (Å²) < 4.78 is 29.2. The Morgan fingerprint density at radius 2 is 2.06 bits per heavy atom. The minimum atomic E-state index is -4.17. The number of hydrogen-bond donors (Lipinski definition) is 5. The van der Waals surface area contributed by atoms with Crippen molar-refractivity contribution < 1.29 is 23.1 Å². The summed E-state index contributed by atoms with van der Waals surface area (Å²) in [5, 5.41) is 20.2. The van der Waals surface area contributed by atoms with Gasteiger partial charge in [-0.3, -0.25) is 15.2 Å². The van der Waals surface area contributed by atoms with Crippen LogP contribution in [-0.2, 0) is 19.6 Å². The average Bonchev–Trinajstić information content (AvgIpc) is 2.79. The zero-order valence-electron chi connectivity index (χ0n) is 18.9. The normalized spacial score (nSPS) is 19.5. The summed E-state index contributed by atoms with van der Waals surface area (Å²) >= 11 is 0. The molecular weight excluding hydrogens is 460 g/mol. The number of carbonyl (C=O) groups excluding carboxylic acids is 1. The van der Waals surface area contributed by atoms with Crippen LogP contribution in [-0.4, -0.2) is 66.4 Å². The molecule has 6 N–H and O–H groups in total. The second kappa shape index (κ2) is 10.8. The van der Waals surface area contributed by atoms with Crippen molar-refractivity contribution in [2.75, 3.05) is 13.1 Å². The lowest BCUT2D eigenvalue weighted by atomic mass is 9.91. The number of carbonyl (C=O) groups is 2. The van der Waals surface area contributed by atoms with E-state index in [0.29, 0.717) is 24.6 Å². The fourth-order valence-corrected chi connectivity index (χ4v) is 5.55. The van der Waals surface area contributed by atoms with Gasteiger partial charge in [0.25, 0.3) is 0 Å². The summed E-state index contributed by atoms with van der Waals surface area (Å²) in [4.78, 5) is 30.7. The number of aliphatic carboxylic acids is 1. The topological polar surface area (TPSA) is 179 Å². The smallest absolute Gasteiger partial charge is 0.326 e. The lowest BCUT2D eigenvalue weighted by Gasteiger charge is -2.38. The molecule has 0 saturated carbocycles. The molecular formula is C22H30N6O5S. The van der Waals surface area contributed by atoms with Crippen LogP contribution in [0, 0.1) is 11.3 Å². The Morgan fingerprint density at radius 1 is 1.32 bits per heavy atom. The fourth-order valence-electron chi connectivity index (χ4n) is 4.15. The Labute approximate surface area is 198 Å². The molecule has 1 amide bonds. The van der Waals surface area contributed by atoms with Gasteiger partial charge in [-0.1, -0.05) is 25.1 Å². The predicted octanol–water partition coefficient (Wildman–Crippen LogP) is 0.857. The maximum absolute atomic E-state index is 13.5. The van der Waals surface area contributed by atoms with Crippen LogP contribution >= 0.6 is 0 Å². The van der Waals surface area contributed by atoms with Crippen molar-refractivity contribution in [3.8, 4) is 0 Å². The highest BCUT2D eigenvalue weighted by atomic mass is 32.2. The Kier molecular flexibility index (Phi) is 8.05. The molecule has 12 heteroatoms. The van der Waals surface area contributed by atoms with Crippen LogP contribution in [0.4, 0.5) is 0 Å². The number of nitrogens with zero attached hydrogens (tertiary/aromatic N) is 2. The third kappa shape index (κ3) is 6.00. The number of carboxylic acids is 1. The molecule has 3 rings (SSSR count). The Balaban J connectivity index is 1.89. The van der Waals surface area contributed by atoms with Crippen LogP contribution in [0.15, 0.2) is 41.4 Å². The van der Waals surface area contributed by atoms with Gasteiger partial charge in [0.15, 0.2) is 5.96 Å². The minimum absolute atomic E-state index is 0.0627. The maximum Gasteiger partial charge on any atom is 0.326 e. The molecule has 1 aromatic carbocycles. The van der Waals surface area contributed by atoms with Crippen LogP contribution in [0.3, 0.4) is 0 Å². The molecule has 2 aromatic rings. The van der Waals surface area contributed by atoms with Crippen molar-refractivity contribution in [3.05, 3.63) is 36.5 Å². The van der Waals surface area contributed by atoms with E-state index in [1.54, 1.807) is 24.3 Å². The molecule has 34 heavy (non-hydrogen) atoms. The Bertz CT molecular complexity index is 1170. The molecule has 1 saturated heterocycles. The molecule has 0 radical (unpaired) electrons. The third-order valence-corrected chi connectivity index (χ3v) is 7.40. The molecule has 2 heterocycles. The molecule has 1 fully saturated rings. The molecule has 0 spiro atoms. The van der Waals surface area contributed by atoms with E-state index in [1.807, 2.05) is 6.92 Å². The Morgan fingerprint density at radius 3 is 2.76 bits per heavy atom. The molecule has 1 aliphatic heterocycles. The number of carboxylic acid groups (broad SMARTS) is 1. The van der Waals surface area contributed by atoms with Crippen LogP contribution in [0.25, 0.3) is 10.9 Å². The lowest BCUT2D eigenvalue weighted by molar-refractivity contribution is -0.153. The quantitative estimate of drug-likeness (QED) is 0.195. The van der Waals surface area contributed by atoms with Crippen molar-refractivity contribution in [3.63, 3.8) is 0 Å². The first-order valence-electron chi connectivity index (χ1n) is 11.1. The van der Waals surface area contributed by atoms with E-state index in [0.717, 1.165) is 0 Å². The van der Waals surface area contributed by atoms with Crippen molar-refractivity contribution in [1.29, 1.82) is 5.41 Å². The SMILES string of the molecule is CC1CCN(C(=O)[C@H](CCCNC(=N)N)NS(=O)(=O)c2cccc3cccnc23)C(C(=O)O)C1. The molecule has 0 bridgehead atoms. The third-order valence-electron chi connectivity index (χ3n) is 5.90. The number of likely N-dealkylation sites (tertiary alicyclic amines) is 1. The minimum Gasteiger partial charge on any atom is -0.480 e. The number of nitrogens with one attached hydrogen (secondary N) is 3. The Hall–Kier alpha value is -3.25. The van der Waals surface area contributed by atoms with Gasteiger partial charge in [0.1, 0.15) is 17.0 Å². The molecule has 2 unspecified atom stereocenters. The number of amides is 1. The second-order valence-corrected chi connectivity index (χ2v) is 10.2. The largest absolute Gasteiger partial charge is 0.480 e. The van der Waals surface area contributed by atoms with Gasteiger partial charge < -0.3 is 21.1 Å². The van der Waals surface area contributed by atoms with Crippen LogP contribution in [0.1, 0.15) is 32.6 Å². The van der Waals surface area contributed by atoms with Gasteiger partial charge in [-0.15, -0.1) is 0 Å². The average molecular weight is 491 g/mol. The van der Waals surface area contributed by atoms with Gasteiger partial charge in [-0.25, -0.2) is 13.2 Å². The molecule has 3 atom stereocenters. The summed E-state index contributed by atoms with van der Waals surface area (Å²) in [5.74, 6) is -1.79. The molecule has 0 aliphatic carbocycles. The zero-order valence-corrected chi connectivity index (χ0v) is 19.7. The summed E-state index contributed by atoms with van der Waals surface area (Å²) in [7, 11) is -4.17. The number of hydrogen-bond acceptors (Lipinski definition) is 6. The number of benzene rings is 1. The van der Waals surface area contributed by atoms with E-state index in [2.05, 4.69) is 15.0 Å². The van der Waals surface area contributed by atoms with Gasteiger partial charge in [0.05, 0.1) is 5.52 Å². The van der Waals surface area contributed by atoms with Crippen molar-refractivity contribution >= 4 is 38.8 Å². The number of aromatic nitrogens is 1. The number of rotatable bonds is 9. The van der Waals surface area contributed by atoms with Gasteiger partial charge in [0.2, 0.25) is 15.9 Å². The monoisotopic (exact) mass is 490 g/mol. The first-order valence-corrected chi connectivity index (χ1v) is 12.6. The fraction of sp³-hybridized carbons (Fsp3) is 0.455. The molecule has 11 nitrogen and oxygen atoms in total. The van der Waals surface area contributed by atoms with Gasteiger partial charge in [-0.05, 0) is 43.7 Å². The lowest BCUT2D eigenvalue weighted by Crippen LogP contribution is -2.56. The first-order chi connectivity index (χ1) is 16.1. The molecule has 1 aliphatic rings.